The number of nitrogens with zero attached hydrogens (tertiary/aromatic N) is 5. The van der Waals surface area contributed by atoms with Gasteiger partial charge in [-0.25, -0.2) is 15.1 Å². The van der Waals surface area contributed by atoms with E-state index in [4.69, 9.17) is 0 Å². The summed E-state index contributed by atoms with van der Waals surface area (Å²) in [6.45, 7) is 1.17. The predicted octanol–water partition coefficient (Wildman–Crippen LogP) is 1.69. The molecule has 0 unspecified atom stereocenters. The minimum atomic E-state index is -4.55. The van der Waals surface area contributed by atoms with Crippen molar-refractivity contribution in [3.63, 3.8) is 0 Å². The number of nitrogens with one attached hydrogen (secondary N) is 1. The van der Waals surface area contributed by atoms with E-state index in [1.54, 1.807) is 34.1 Å². The number of fused-ring (bicyclic) bond motifs is 1. The Hall–Kier alpha value is -3.50. The number of H-pyrrole nitrogens is 1. The van der Waals surface area contributed by atoms with Crippen molar-refractivity contribution in [2.24, 2.45) is 0 Å². The van der Waals surface area contributed by atoms with Crippen molar-refractivity contribution in [2.75, 3.05) is 31.1 Å². The first-order valence-corrected chi connectivity index (χ1v) is 8.75. The largest absolute Gasteiger partial charge is 0.433 e. The van der Waals surface area contributed by atoms with Gasteiger partial charge in [0.15, 0.2) is 5.69 Å². The van der Waals surface area contributed by atoms with Crippen molar-refractivity contribution in [3.05, 3.63) is 58.4 Å². The van der Waals surface area contributed by atoms with Crippen molar-refractivity contribution in [1.29, 1.82) is 0 Å². The van der Waals surface area contributed by atoms with Crippen LogP contribution in [0, 0.1) is 0 Å². The topological polar surface area (TPSA) is 95.1 Å². The number of alkyl halides is 3. The number of aromatic nitrogens is 4. The molecule has 1 saturated heterocycles. The Bertz CT molecular complexity index is 1120. The summed E-state index contributed by atoms with van der Waals surface area (Å²) in [7, 11) is 0. The summed E-state index contributed by atoms with van der Waals surface area (Å²) in [6.07, 6.45) is -3.67. The van der Waals surface area contributed by atoms with Crippen molar-refractivity contribution >= 4 is 22.5 Å². The van der Waals surface area contributed by atoms with E-state index >= 15 is 0 Å². The summed E-state index contributed by atoms with van der Waals surface area (Å²) < 4.78 is 38.6. The number of halogens is 3. The molecule has 3 aromatic rings. The van der Waals surface area contributed by atoms with Gasteiger partial charge < -0.3 is 9.80 Å². The maximum absolute atomic E-state index is 12.9. The Morgan fingerprint density at radius 1 is 1.03 bits per heavy atom. The first-order valence-electron chi connectivity index (χ1n) is 8.75. The third-order valence-electron chi connectivity index (χ3n) is 4.73. The van der Waals surface area contributed by atoms with Crippen LogP contribution in [0.1, 0.15) is 16.2 Å². The maximum atomic E-state index is 12.9. The van der Waals surface area contributed by atoms with E-state index in [0.29, 0.717) is 23.9 Å². The van der Waals surface area contributed by atoms with E-state index in [-0.39, 0.29) is 36.1 Å². The number of aromatic amines is 1. The SMILES string of the molecule is O=C(c1n[nH]c(=O)c2ccccc12)N1CCN(c2cc(C(F)(F)F)ncn2)CC1. The van der Waals surface area contributed by atoms with Gasteiger partial charge in [0.1, 0.15) is 17.8 Å². The Balaban J connectivity index is 1.52. The molecule has 11 heteroatoms. The lowest BCUT2D eigenvalue weighted by atomic mass is 10.1. The molecule has 0 bridgehead atoms. The minimum absolute atomic E-state index is 0.134. The second-order valence-electron chi connectivity index (χ2n) is 6.49. The molecule has 1 fully saturated rings. The molecule has 1 aliphatic rings. The van der Waals surface area contributed by atoms with Crippen molar-refractivity contribution in [2.45, 2.75) is 6.18 Å². The molecule has 0 saturated carbocycles. The Kier molecular flexibility index (Phi) is 4.65. The van der Waals surface area contributed by atoms with E-state index < -0.39 is 11.9 Å². The Morgan fingerprint density at radius 2 is 1.72 bits per heavy atom. The van der Waals surface area contributed by atoms with Gasteiger partial charge in [0, 0.05) is 37.6 Å². The van der Waals surface area contributed by atoms with E-state index in [2.05, 4.69) is 20.2 Å². The molecular formula is C18H15F3N6O2. The van der Waals surface area contributed by atoms with Crippen LogP contribution in [0.25, 0.3) is 10.8 Å². The summed E-state index contributed by atoms with van der Waals surface area (Å²) in [5.74, 6) is -0.192. The van der Waals surface area contributed by atoms with Gasteiger partial charge in [0.25, 0.3) is 11.5 Å². The molecule has 1 aromatic carbocycles. The van der Waals surface area contributed by atoms with E-state index in [1.165, 1.54) is 0 Å². The molecular weight excluding hydrogens is 389 g/mol. The first-order chi connectivity index (χ1) is 13.8. The third-order valence-corrected chi connectivity index (χ3v) is 4.73. The standard InChI is InChI=1S/C18H15F3N6O2/c19-18(20,21)13-9-14(23-10-22-13)26-5-7-27(8-6-26)17(29)15-11-3-1-2-4-12(11)16(28)25-24-15/h1-4,9-10H,5-8H2,(H,25,28). The Labute approximate surface area is 162 Å². The number of anilines is 1. The fourth-order valence-corrected chi connectivity index (χ4v) is 3.24. The number of amides is 1. The van der Waals surface area contributed by atoms with Gasteiger partial charge in [-0.05, 0) is 6.07 Å². The molecule has 1 amide bonds. The lowest BCUT2D eigenvalue weighted by Gasteiger charge is -2.35. The highest BCUT2D eigenvalue weighted by Crippen LogP contribution is 2.29. The van der Waals surface area contributed by atoms with Crippen LogP contribution < -0.4 is 10.5 Å². The van der Waals surface area contributed by atoms with Gasteiger partial charge in [-0.3, -0.25) is 9.59 Å². The van der Waals surface area contributed by atoms with Crippen molar-refractivity contribution < 1.29 is 18.0 Å². The lowest BCUT2D eigenvalue weighted by Crippen LogP contribution is -2.49. The molecule has 8 nitrogen and oxygen atoms in total. The zero-order valence-corrected chi connectivity index (χ0v) is 15.0. The van der Waals surface area contributed by atoms with E-state index in [0.717, 1.165) is 12.4 Å². The maximum Gasteiger partial charge on any atom is 0.433 e. The number of carbonyl (C=O) groups is 1. The summed E-state index contributed by atoms with van der Waals surface area (Å²) >= 11 is 0. The number of benzene rings is 1. The van der Waals surface area contributed by atoms with Crippen molar-refractivity contribution in [1.82, 2.24) is 25.1 Å². The van der Waals surface area contributed by atoms with Crippen molar-refractivity contribution in [3.8, 4) is 0 Å². The van der Waals surface area contributed by atoms with Crippen LogP contribution in [0.5, 0.6) is 0 Å². The molecule has 0 aliphatic carbocycles. The zero-order valence-electron chi connectivity index (χ0n) is 15.0. The summed E-state index contributed by atoms with van der Waals surface area (Å²) in [5, 5.41) is 7.06. The molecule has 29 heavy (non-hydrogen) atoms. The van der Waals surface area contributed by atoms with Gasteiger partial charge in [-0.2, -0.15) is 18.3 Å². The average molecular weight is 404 g/mol. The molecule has 0 spiro atoms. The quantitative estimate of drug-likeness (QED) is 0.699. The minimum Gasteiger partial charge on any atom is -0.353 e. The second-order valence-corrected chi connectivity index (χ2v) is 6.49. The van der Waals surface area contributed by atoms with E-state index in [1.807, 2.05) is 0 Å². The van der Waals surface area contributed by atoms with Crippen LogP contribution in [0.15, 0.2) is 41.5 Å². The molecule has 150 valence electrons. The van der Waals surface area contributed by atoms with Crippen LogP contribution in [0.3, 0.4) is 0 Å². The molecule has 0 atom stereocenters. The second kappa shape index (κ2) is 7.15. The number of piperazine rings is 1. The normalized spacial score (nSPS) is 15.0. The average Bonchev–Trinajstić information content (AvgIpc) is 2.73. The van der Waals surface area contributed by atoms with Crippen LogP contribution >= 0.6 is 0 Å². The fraction of sp³-hybridized carbons (Fsp3) is 0.278. The van der Waals surface area contributed by atoms with Gasteiger partial charge in [-0.15, -0.1) is 0 Å². The van der Waals surface area contributed by atoms with Crippen LogP contribution in [-0.2, 0) is 6.18 Å². The highest BCUT2D eigenvalue weighted by molar-refractivity contribution is 6.04. The van der Waals surface area contributed by atoms with Crippen LogP contribution in [0.4, 0.5) is 19.0 Å². The molecule has 3 heterocycles. The zero-order chi connectivity index (χ0) is 20.6. The lowest BCUT2D eigenvalue weighted by molar-refractivity contribution is -0.141. The molecule has 1 aliphatic heterocycles. The summed E-state index contributed by atoms with van der Waals surface area (Å²) in [4.78, 5) is 35.2. The van der Waals surface area contributed by atoms with Gasteiger partial charge in [0.2, 0.25) is 0 Å². The summed E-state index contributed by atoms with van der Waals surface area (Å²) in [6, 6.07) is 7.57. The number of hydrogen-bond donors (Lipinski definition) is 1. The summed E-state index contributed by atoms with van der Waals surface area (Å²) in [5.41, 5.74) is -1.26. The number of rotatable bonds is 2. The van der Waals surface area contributed by atoms with Gasteiger partial charge >= 0.3 is 6.18 Å². The molecule has 2 aromatic heterocycles. The number of carbonyl (C=O) groups excluding carboxylic acids is 1. The van der Waals surface area contributed by atoms with Gasteiger partial charge in [0.05, 0.1) is 5.39 Å². The number of hydrogen-bond acceptors (Lipinski definition) is 6. The first kappa shape index (κ1) is 18.8. The van der Waals surface area contributed by atoms with Gasteiger partial charge in [-0.1, -0.05) is 18.2 Å². The molecule has 0 radical (unpaired) electrons. The fourth-order valence-electron chi connectivity index (χ4n) is 3.24. The molecule has 1 N–H and O–H groups in total. The highest BCUT2D eigenvalue weighted by Gasteiger charge is 2.34. The third kappa shape index (κ3) is 3.62. The monoisotopic (exact) mass is 404 g/mol. The van der Waals surface area contributed by atoms with E-state index in [9.17, 15) is 22.8 Å². The highest BCUT2D eigenvalue weighted by atomic mass is 19.4. The van der Waals surface area contributed by atoms with Crippen LogP contribution in [-0.4, -0.2) is 57.2 Å². The Morgan fingerprint density at radius 3 is 2.41 bits per heavy atom. The molecule has 4 rings (SSSR count). The van der Waals surface area contributed by atoms with Crippen LogP contribution in [0.2, 0.25) is 0 Å². The smallest absolute Gasteiger partial charge is 0.353 e. The predicted molar refractivity (Wildman–Crippen MR) is 97.5 cm³/mol.